The van der Waals surface area contributed by atoms with Crippen LogP contribution >= 0.6 is 0 Å². The third-order valence-electron chi connectivity index (χ3n) is 5.04. The molecule has 6 heteroatoms. The standard InChI is InChI=1S/C19H31N3O3/c1-4-18(23)22-11-7-9-15(14-22)19(24)20-13-16(21(5-2)6-3)17-10-8-12-25-17/h8,10,12,15-16H,4-7,9,11,13-14H2,1-3H3,(H,20,24)/t15-,16+/m1/s1. The molecule has 1 aliphatic heterocycles. The van der Waals surface area contributed by atoms with E-state index in [1.165, 1.54) is 0 Å². The summed E-state index contributed by atoms with van der Waals surface area (Å²) < 4.78 is 5.58. The summed E-state index contributed by atoms with van der Waals surface area (Å²) in [5.41, 5.74) is 0. The molecule has 1 fully saturated rings. The second-order valence-corrected chi connectivity index (χ2v) is 6.53. The van der Waals surface area contributed by atoms with Crippen LogP contribution < -0.4 is 5.32 Å². The molecule has 0 aromatic carbocycles. The molecular formula is C19H31N3O3. The summed E-state index contributed by atoms with van der Waals surface area (Å²) in [5.74, 6) is 0.931. The van der Waals surface area contributed by atoms with Crippen LogP contribution in [0.2, 0.25) is 0 Å². The Labute approximate surface area is 150 Å². The van der Waals surface area contributed by atoms with Gasteiger partial charge < -0.3 is 14.6 Å². The van der Waals surface area contributed by atoms with Gasteiger partial charge in [0.15, 0.2) is 0 Å². The normalized spacial score (nSPS) is 19.0. The summed E-state index contributed by atoms with van der Waals surface area (Å²) >= 11 is 0. The summed E-state index contributed by atoms with van der Waals surface area (Å²) in [6.45, 7) is 9.68. The maximum Gasteiger partial charge on any atom is 0.224 e. The van der Waals surface area contributed by atoms with Crippen LogP contribution in [0.3, 0.4) is 0 Å². The zero-order valence-electron chi connectivity index (χ0n) is 15.7. The smallest absolute Gasteiger partial charge is 0.224 e. The lowest BCUT2D eigenvalue weighted by Gasteiger charge is -2.33. The van der Waals surface area contributed by atoms with Crippen LogP contribution in [0.1, 0.15) is 51.8 Å². The van der Waals surface area contributed by atoms with Gasteiger partial charge in [-0.1, -0.05) is 20.8 Å². The van der Waals surface area contributed by atoms with Gasteiger partial charge in [-0.15, -0.1) is 0 Å². The molecule has 0 unspecified atom stereocenters. The van der Waals surface area contributed by atoms with Gasteiger partial charge in [0.25, 0.3) is 0 Å². The molecule has 2 atom stereocenters. The Morgan fingerprint density at radius 3 is 2.72 bits per heavy atom. The fraction of sp³-hybridized carbons (Fsp3) is 0.684. The first-order chi connectivity index (χ1) is 12.1. The lowest BCUT2D eigenvalue weighted by atomic mass is 9.96. The van der Waals surface area contributed by atoms with Crippen molar-refractivity contribution in [3.8, 4) is 0 Å². The van der Waals surface area contributed by atoms with E-state index in [0.717, 1.165) is 38.2 Å². The quantitative estimate of drug-likeness (QED) is 0.783. The highest BCUT2D eigenvalue weighted by Crippen LogP contribution is 2.21. The maximum atomic E-state index is 12.6. The van der Waals surface area contributed by atoms with E-state index in [1.807, 2.05) is 24.0 Å². The molecular weight excluding hydrogens is 318 g/mol. The highest BCUT2D eigenvalue weighted by atomic mass is 16.3. The molecule has 1 N–H and O–H groups in total. The number of carbonyl (C=O) groups excluding carboxylic acids is 2. The van der Waals surface area contributed by atoms with Crippen molar-refractivity contribution < 1.29 is 14.0 Å². The molecule has 2 rings (SSSR count). The minimum Gasteiger partial charge on any atom is -0.468 e. The Hall–Kier alpha value is -1.82. The van der Waals surface area contributed by atoms with Gasteiger partial charge in [-0.3, -0.25) is 14.5 Å². The van der Waals surface area contributed by atoms with Gasteiger partial charge in [0.1, 0.15) is 5.76 Å². The summed E-state index contributed by atoms with van der Waals surface area (Å²) in [5, 5.41) is 3.09. The van der Waals surface area contributed by atoms with E-state index in [2.05, 4.69) is 24.1 Å². The molecule has 0 aliphatic carbocycles. The first-order valence-corrected chi connectivity index (χ1v) is 9.43. The van der Waals surface area contributed by atoms with E-state index in [4.69, 9.17) is 4.42 Å². The number of nitrogens with one attached hydrogen (secondary N) is 1. The Balaban J connectivity index is 1.95. The maximum absolute atomic E-state index is 12.6. The van der Waals surface area contributed by atoms with Crippen LogP contribution in [0.25, 0.3) is 0 Å². The molecule has 2 amide bonds. The molecule has 2 heterocycles. The average Bonchev–Trinajstić information content (AvgIpc) is 3.18. The minimum absolute atomic E-state index is 0.0333. The highest BCUT2D eigenvalue weighted by Gasteiger charge is 2.29. The monoisotopic (exact) mass is 349 g/mol. The molecule has 6 nitrogen and oxygen atoms in total. The van der Waals surface area contributed by atoms with E-state index in [0.29, 0.717) is 19.5 Å². The largest absolute Gasteiger partial charge is 0.468 e. The van der Waals surface area contributed by atoms with Crippen molar-refractivity contribution in [3.05, 3.63) is 24.2 Å². The highest BCUT2D eigenvalue weighted by molar-refractivity contribution is 5.81. The molecule has 140 valence electrons. The van der Waals surface area contributed by atoms with Gasteiger partial charge in [0, 0.05) is 26.1 Å². The molecule has 0 saturated carbocycles. The molecule has 1 aromatic heterocycles. The number of rotatable bonds is 8. The van der Waals surface area contributed by atoms with Crippen LogP contribution in [0.4, 0.5) is 0 Å². The van der Waals surface area contributed by atoms with Crippen molar-refractivity contribution in [1.29, 1.82) is 0 Å². The number of hydrogen-bond acceptors (Lipinski definition) is 4. The second-order valence-electron chi connectivity index (χ2n) is 6.53. The molecule has 1 aromatic rings. The van der Waals surface area contributed by atoms with Crippen LogP contribution in [-0.4, -0.2) is 54.3 Å². The molecule has 0 spiro atoms. The fourth-order valence-electron chi connectivity index (χ4n) is 3.54. The Bertz CT molecular complexity index is 540. The van der Waals surface area contributed by atoms with Gasteiger partial charge in [-0.05, 0) is 38.1 Å². The number of likely N-dealkylation sites (tertiary alicyclic amines) is 1. The van der Waals surface area contributed by atoms with Crippen LogP contribution in [-0.2, 0) is 9.59 Å². The third kappa shape index (κ3) is 5.08. The van der Waals surface area contributed by atoms with Crippen molar-refractivity contribution in [2.24, 2.45) is 5.92 Å². The lowest BCUT2D eigenvalue weighted by molar-refractivity contribution is -0.135. The first kappa shape index (κ1) is 19.5. The number of hydrogen-bond donors (Lipinski definition) is 1. The van der Waals surface area contributed by atoms with E-state index in [-0.39, 0.29) is 23.8 Å². The van der Waals surface area contributed by atoms with Crippen LogP contribution in [0.15, 0.2) is 22.8 Å². The molecule has 1 saturated heterocycles. The van der Waals surface area contributed by atoms with E-state index in [1.54, 1.807) is 6.26 Å². The Kier molecular flexibility index (Phi) is 7.50. The van der Waals surface area contributed by atoms with Gasteiger partial charge in [0.05, 0.1) is 18.2 Å². The van der Waals surface area contributed by atoms with Gasteiger partial charge in [-0.25, -0.2) is 0 Å². The summed E-state index contributed by atoms with van der Waals surface area (Å²) in [7, 11) is 0. The van der Waals surface area contributed by atoms with Crippen molar-refractivity contribution in [3.63, 3.8) is 0 Å². The molecule has 0 radical (unpaired) electrons. The molecule has 25 heavy (non-hydrogen) atoms. The van der Waals surface area contributed by atoms with Gasteiger partial charge in [-0.2, -0.15) is 0 Å². The third-order valence-corrected chi connectivity index (χ3v) is 5.04. The molecule has 0 bridgehead atoms. The van der Waals surface area contributed by atoms with Crippen molar-refractivity contribution >= 4 is 11.8 Å². The van der Waals surface area contributed by atoms with Crippen molar-refractivity contribution in [1.82, 2.24) is 15.1 Å². The SMILES string of the molecule is CCC(=O)N1CCC[C@@H](C(=O)NC[C@@H](c2ccco2)N(CC)CC)C1. The number of furan rings is 1. The summed E-state index contributed by atoms with van der Waals surface area (Å²) in [6.07, 6.45) is 3.90. The van der Waals surface area contributed by atoms with E-state index in [9.17, 15) is 9.59 Å². The summed E-state index contributed by atoms with van der Waals surface area (Å²) in [4.78, 5) is 28.6. The van der Waals surface area contributed by atoms with Crippen LogP contribution in [0.5, 0.6) is 0 Å². The first-order valence-electron chi connectivity index (χ1n) is 9.43. The zero-order valence-corrected chi connectivity index (χ0v) is 15.7. The Morgan fingerprint density at radius 1 is 1.36 bits per heavy atom. The molecule has 1 aliphatic rings. The fourth-order valence-corrected chi connectivity index (χ4v) is 3.54. The van der Waals surface area contributed by atoms with Gasteiger partial charge in [0.2, 0.25) is 11.8 Å². The van der Waals surface area contributed by atoms with Crippen molar-refractivity contribution in [2.45, 2.75) is 46.1 Å². The number of nitrogens with zero attached hydrogens (tertiary/aromatic N) is 2. The minimum atomic E-state index is -0.113. The van der Waals surface area contributed by atoms with Gasteiger partial charge >= 0.3 is 0 Å². The lowest BCUT2D eigenvalue weighted by Crippen LogP contribution is -2.47. The predicted octanol–water partition coefficient (Wildman–Crippen LogP) is 2.43. The average molecular weight is 349 g/mol. The van der Waals surface area contributed by atoms with Crippen LogP contribution in [0, 0.1) is 5.92 Å². The topological polar surface area (TPSA) is 65.8 Å². The zero-order chi connectivity index (χ0) is 18.2. The van der Waals surface area contributed by atoms with E-state index < -0.39 is 0 Å². The predicted molar refractivity (Wildman–Crippen MR) is 97.0 cm³/mol. The number of likely N-dealkylation sites (N-methyl/N-ethyl adjacent to an activating group) is 1. The second kappa shape index (κ2) is 9.61. The number of carbonyl (C=O) groups is 2. The van der Waals surface area contributed by atoms with Crippen molar-refractivity contribution in [2.75, 3.05) is 32.7 Å². The summed E-state index contributed by atoms with van der Waals surface area (Å²) in [6, 6.07) is 3.87. The number of amides is 2. The van der Waals surface area contributed by atoms with E-state index >= 15 is 0 Å². The Morgan fingerprint density at radius 2 is 2.12 bits per heavy atom. The number of piperidine rings is 1.